The van der Waals surface area contributed by atoms with Gasteiger partial charge in [-0.15, -0.1) is 0 Å². The lowest BCUT2D eigenvalue weighted by Crippen LogP contribution is -2.12. The van der Waals surface area contributed by atoms with Crippen LogP contribution in [-0.4, -0.2) is 5.78 Å². The number of carbonyl (C=O) groups excluding carboxylic acids is 1. The van der Waals surface area contributed by atoms with E-state index in [0.717, 1.165) is 12.1 Å². The summed E-state index contributed by atoms with van der Waals surface area (Å²) < 4.78 is 38.2. The van der Waals surface area contributed by atoms with E-state index in [2.05, 4.69) is 0 Å². The van der Waals surface area contributed by atoms with Gasteiger partial charge in [0.15, 0.2) is 5.78 Å². The minimum Gasteiger partial charge on any atom is -0.402 e. The molecular weight excluding hydrogens is 303 g/mol. The highest BCUT2D eigenvalue weighted by Crippen LogP contribution is 2.30. The summed E-state index contributed by atoms with van der Waals surface area (Å²) in [6, 6.07) is 13.6. The second-order valence-electron chi connectivity index (χ2n) is 5.22. The maximum Gasteiger partial charge on any atom is 0.416 e. The van der Waals surface area contributed by atoms with Gasteiger partial charge in [-0.2, -0.15) is 13.2 Å². The maximum atomic E-state index is 12.7. The maximum absolute atomic E-state index is 12.7. The van der Waals surface area contributed by atoms with Gasteiger partial charge in [-0.05, 0) is 24.1 Å². The molecule has 0 spiro atoms. The Morgan fingerprint density at radius 2 is 1.70 bits per heavy atom. The summed E-state index contributed by atoms with van der Waals surface area (Å²) >= 11 is 0. The third-order valence-corrected chi connectivity index (χ3v) is 3.35. The zero-order chi connectivity index (χ0) is 17.0. The van der Waals surface area contributed by atoms with Crippen molar-refractivity contribution in [1.82, 2.24) is 0 Å². The lowest BCUT2D eigenvalue weighted by atomic mass is 9.95. The number of alkyl halides is 3. The van der Waals surface area contributed by atoms with Crippen molar-refractivity contribution in [3.8, 4) is 0 Å². The van der Waals surface area contributed by atoms with E-state index in [-0.39, 0.29) is 12.2 Å². The Hall–Kier alpha value is -2.56. The molecule has 2 aromatic rings. The molecule has 0 radical (unpaired) electrons. The van der Waals surface area contributed by atoms with E-state index in [1.54, 1.807) is 31.2 Å². The SMILES string of the molecule is CC(N)=C(C(=O)Cc1cccc(C(F)(F)F)c1)c1ccccc1. The van der Waals surface area contributed by atoms with Crippen molar-refractivity contribution in [2.24, 2.45) is 5.73 Å². The topological polar surface area (TPSA) is 43.1 Å². The first-order valence-electron chi connectivity index (χ1n) is 7.00. The number of carbonyl (C=O) groups is 1. The van der Waals surface area contributed by atoms with Crippen LogP contribution < -0.4 is 5.73 Å². The van der Waals surface area contributed by atoms with Crippen LogP contribution in [0.3, 0.4) is 0 Å². The van der Waals surface area contributed by atoms with E-state index < -0.39 is 11.7 Å². The van der Waals surface area contributed by atoms with Crippen LogP contribution >= 0.6 is 0 Å². The Balaban J connectivity index is 2.29. The third kappa shape index (κ3) is 4.22. The quantitative estimate of drug-likeness (QED) is 0.858. The fraction of sp³-hybridized carbons (Fsp3) is 0.167. The Morgan fingerprint density at radius 1 is 1.04 bits per heavy atom. The molecule has 0 saturated heterocycles. The molecular formula is C18H16F3NO. The fourth-order valence-corrected chi connectivity index (χ4v) is 2.34. The lowest BCUT2D eigenvalue weighted by Gasteiger charge is -2.11. The highest BCUT2D eigenvalue weighted by Gasteiger charge is 2.30. The summed E-state index contributed by atoms with van der Waals surface area (Å²) in [7, 11) is 0. The van der Waals surface area contributed by atoms with E-state index in [9.17, 15) is 18.0 Å². The van der Waals surface area contributed by atoms with Gasteiger partial charge < -0.3 is 5.73 Å². The van der Waals surface area contributed by atoms with Gasteiger partial charge in [0, 0.05) is 17.7 Å². The summed E-state index contributed by atoms with van der Waals surface area (Å²) in [5.74, 6) is -0.310. The molecule has 0 atom stereocenters. The molecule has 0 saturated carbocycles. The smallest absolute Gasteiger partial charge is 0.402 e. The molecule has 0 bridgehead atoms. The number of halogens is 3. The molecule has 120 valence electrons. The molecule has 0 heterocycles. The van der Waals surface area contributed by atoms with E-state index in [0.29, 0.717) is 22.4 Å². The number of hydrogen-bond acceptors (Lipinski definition) is 2. The molecule has 2 nitrogen and oxygen atoms in total. The molecule has 0 amide bonds. The molecule has 0 aliphatic rings. The standard InChI is InChI=1S/C18H16F3NO/c1-12(22)17(14-7-3-2-4-8-14)16(23)11-13-6-5-9-15(10-13)18(19,20)21/h2-10H,11,22H2,1H3. The Morgan fingerprint density at radius 3 is 2.26 bits per heavy atom. The zero-order valence-electron chi connectivity index (χ0n) is 12.5. The Kier molecular flexibility index (Phi) is 4.89. The van der Waals surface area contributed by atoms with Gasteiger partial charge in [-0.25, -0.2) is 0 Å². The van der Waals surface area contributed by atoms with Gasteiger partial charge in [-0.3, -0.25) is 4.79 Å². The van der Waals surface area contributed by atoms with Gasteiger partial charge in [-0.1, -0.05) is 48.5 Å². The van der Waals surface area contributed by atoms with Crippen molar-refractivity contribution in [3.63, 3.8) is 0 Å². The average molecular weight is 319 g/mol. The van der Waals surface area contributed by atoms with Crippen LogP contribution in [0, 0.1) is 0 Å². The van der Waals surface area contributed by atoms with Gasteiger partial charge >= 0.3 is 6.18 Å². The minimum absolute atomic E-state index is 0.136. The Bertz CT molecular complexity index is 729. The van der Waals surface area contributed by atoms with E-state index in [1.165, 1.54) is 12.1 Å². The minimum atomic E-state index is -4.43. The van der Waals surface area contributed by atoms with Crippen LogP contribution in [0.1, 0.15) is 23.6 Å². The largest absolute Gasteiger partial charge is 0.416 e. The molecule has 0 unspecified atom stereocenters. The highest BCUT2D eigenvalue weighted by atomic mass is 19.4. The molecule has 23 heavy (non-hydrogen) atoms. The van der Waals surface area contributed by atoms with Crippen molar-refractivity contribution >= 4 is 11.4 Å². The zero-order valence-corrected chi connectivity index (χ0v) is 12.5. The summed E-state index contributed by atoms with van der Waals surface area (Å²) in [4.78, 5) is 12.5. The molecule has 5 heteroatoms. The van der Waals surface area contributed by atoms with Crippen molar-refractivity contribution < 1.29 is 18.0 Å². The van der Waals surface area contributed by atoms with Crippen molar-refractivity contribution in [3.05, 3.63) is 77.0 Å². The molecule has 0 fully saturated rings. The van der Waals surface area contributed by atoms with Crippen molar-refractivity contribution in [2.75, 3.05) is 0 Å². The van der Waals surface area contributed by atoms with Crippen LogP contribution in [0.25, 0.3) is 5.57 Å². The van der Waals surface area contributed by atoms with Gasteiger partial charge in [0.2, 0.25) is 0 Å². The van der Waals surface area contributed by atoms with Gasteiger partial charge in [0.1, 0.15) is 0 Å². The van der Waals surface area contributed by atoms with Crippen LogP contribution in [-0.2, 0) is 17.4 Å². The number of Topliss-reactive ketones (excluding diaryl/α,β-unsaturated/α-hetero) is 1. The lowest BCUT2D eigenvalue weighted by molar-refractivity contribution is -0.137. The molecule has 2 aromatic carbocycles. The van der Waals surface area contributed by atoms with Crippen molar-refractivity contribution in [1.29, 1.82) is 0 Å². The molecule has 0 aliphatic heterocycles. The number of hydrogen-bond donors (Lipinski definition) is 1. The third-order valence-electron chi connectivity index (χ3n) is 3.35. The number of benzene rings is 2. The number of rotatable bonds is 4. The monoisotopic (exact) mass is 319 g/mol. The Labute approximate surface area is 132 Å². The second kappa shape index (κ2) is 6.69. The molecule has 2 rings (SSSR count). The molecule has 2 N–H and O–H groups in total. The summed E-state index contributed by atoms with van der Waals surface area (Å²) in [5, 5.41) is 0. The molecule has 0 aromatic heterocycles. The predicted molar refractivity (Wildman–Crippen MR) is 83.4 cm³/mol. The first-order valence-corrected chi connectivity index (χ1v) is 7.00. The summed E-state index contributed by atoms with van der Waals surface area (Å²) in [5.41, 5.74) is 6.67. The van der Waals surface area contributed by atoms with Gasteiger partial charge in [0.25, 0.3) is 0 Å². The number of ketones is 1. The molecule has 0 aliphatic carbocycles. The van der Waals surface area contributed by atoms with Crippen LogP contribution in [0.15, 0.2) is 60.3 Å². The predicted octanol–water partition coefficient (Wildman–Crippen LogP) is 4.21. The first-order chi connectivity index (χ1) is 10.8. The average Bonchev–Trinajstić information content (AvgIpc) is 2.47. The van der Waals surface area contributed by atoms with Gasteiger partial charge in [0.05, 0.1) is 5.56 Å². The van der Waals surface area contributed by atoms with Crippen LogP contribution in [0.4, 0.5) is 13.2 Å². The first kappa shape index (κ1) is 16.8. The van der Waals surface area contributed by atoms with E-state index in [1.807, 2.05) is 6.07 Å². The van der Waals surface area contributed by atoms with Crippen LogP contribution in [0.5, 0.6) is 0 Å². The van der Waals surface area contributed by atoms with E-state index >= 15 is 0 Å². The second-order valence-corrected chi connectivity index (χ2v) is 5.22. The normalized spacial score (nSPS) is 12.7. The number of allylic oxidation sites excluding steroid dienone is 2. The number of nitrogens with two attached hydrogens (primary N) is 1. The van der Waals surface area contributed by atoms with Crippen LogP contribution in [0.2, 0.25) is 0 Å². The summed E-state index contributed by atoms with van der Waals surface area (Å²) in [6.07, 6.45) is -4.57. The summed E-state index contributed by atoms with van der Waals surface area (Å²) in [6.45, 7) is 1.60. The van der Waals surface area contributed by atoms with E-state index in [4.69, 9.17) is 5.73 Å². The highest BCUT2D eigenvalue weighted by molar-refractivity contribution is 6.22. The fourth-order valence-electron chi connectivity index (χ4n) is 2.34. The van der Waals surface area contributed by atoms with Crippen molar-refractivity contribution in [2.45, 2.75) is 19.5 Å².